The van der Waals surface area contributed by atoms with Crippen molar-refractivity contribution in [2.75, 3.05) is 0 Å². The highest BCUT2D eigenvalue weighted by Gasteiger charge is 2.67. The predicted molar refractivity (Wildman–Crippen MR) is 106 cm³/mol. The van der Waals surface area contributed by atoms with Crippen LogP contribution in [0.4, 0.5) is 0 Å². The van der Waals surface area contributed by atoms with Crippen molar-refractivity contribution in [1.29, 1.82) is 0 Å². The van der Waals surface area contributed by atoms with Crippen molar-refractivity contribution in [3.05, 3.63) is 34.4 Å². The van der Waals surface area contributed by atoms with Gasteiger partial charge in [0.25, 0.3) is 0 Å². The number of ketones is 1. The van der Waals surface area contributed by atoms with Gasteiger partial charge in [0.1, 0.15) is 5.78 Å². The second-order valence-corrected chi connectivity index (χ2v) is 10.6. The smallest absolute Gasteiger partial charge is 0.335 e. The second-order valence-electron chi connectivity index (χ2n) is 10.6. The number of carbonyl (C=O) groups excluding carboxylic acids is 1. The Morgan fingerprint density at radius 3 is 2.57 bits per heavy atom. The highest BCUT2D eigenvalue weighted by Crippen LogP contribution is 2.70. The van der Waals surface area contributed by atoms with E-state index in [2.05, 4.69) is 13.8 Å². The molecular formula is C24H32O4. The van der Waals surface area contributed by atoms with E-state index in [1.54, 1.807) is 6.26 Å². The maximum atomic E-state index is 12.1. The molecule has 0 spiro atoms. The second kappa shape index (κ2) is 6.04. The quantitative estimate of drug-likeness (QED) is 0.777. The molecule has 152 valence electrons. The first-order chi connectivity index (χ1) is 13.3. The molecule has 0 radical (unpaired) electrons. The molecule has 4 aliphatic rings. The number of hydrogen-bond acceptors (Lipinski definition) is 4. The molecular weight excluding hydrogens is 352 g/mol. The standard InChI is InChI=1S/C24H32O4/c1-22-10-7-17(25)13-16(22)4-5-20-19(22)8-11-23(2)18(9-12-24(20,23)27)15-3-6-21(26)28-14-15/h3,6,14,16,18-20,27H,4-5,7-13H2,1-2H3/t16-,18-,19?,20-,22+,23-,24+/m1/s1. The Labute approximate surface area is 166 Å². The summed E-state index contributed by atoms with van der Waals surface area (Å²) in [4.78, 5) is 23.5. The highest BCUT2D eigenvalue weighted by atomic mass is 16.4. The minimum absolute atomic E-state index is 0.179. The van der Waals surface area contributed by atoms with Crippen LogP contribution in [-0.4, -0.2) is 16.5 Å². The minimum Gasteiger partial charge on any atom is -0.431 e. The SMILES string of the molecule is C[C@]12CCC(=O)C[C@H]1CC[C@@H]1C2CC[C@]2(C)[C@@H](c3ccc(=O)oc3)CC[C@]12O. The highest BCUT2D eigenvalue weighted by molar-refractivity contribution is 5.79. The van der Waals surface area contributed by atoms with E-state index in [1.807, 2.05) is 6.07 Å². The molecule has 1 aromatic heterocycles. The van der Waals surface area contributed by atoms with E-state index in [0.717, 1.165) is 63.4 Å². The Morgan fingerprint density at radius 2 is 1.82 bits per heavy atom. The van der Waals surface area contributed by atoms with Gasteiger partial charge >= 0.3 is 5.63 Å². The molecule has 0 bridgehead atoms. The molecule has 1 heterocycles. The maximum absolute atomic E-state index is 12.1. The van der Waals surface area contributed by atoms with E-state index < -0.39 is 5.60 Å². The summed E-state index contributed by atoms with van der Waals surface area (Å²) >= 11 is 0. The average molecular weight is 385 g/mol. The van der Waals surface area contributed by atoms with Gasteiger partial charge in [0.05, 0.1) is 11.9 Å². The number of rotatable bonds is 1. The first-order valence-electron chi connectivity index (χ1n) is 11.1. The number of hydrogen-bond donors (Lipinski definition) is 1. The van der Waals surface area contributed by atoms with Gasteiger partial charge in [-0.2, -0.15) is 0 Å². The lowest BCUT2D eigenvalue weighted by atomic mass is 9.43. The summed E-state index contributed by atoms with van der Waals surface area (Å²) in [6.07, 6.45) is 10.1. The zero-order chi connectivity index (χ0) is 19.7. The van der Waals surface area contributed by atoms with Crippen LogP contribution in [0.1, 0.15) is 83.1 Å². The third-order valence-electron chi connectivity index (χ3n) is 9.79. The molecule has 28 heavy (non-hydrogen) atoms. The summed E-state index contributed by atoms with van der Waals surface area (Å²) in [5, 5.41) is 12.1. The van der Waals surface area contributed by atoms with Crippen LogP contribution in [0.15, 0.2) is 27.6 Å². The van der Waals surface area contributed by atoms with E-state index in [9.17, 15) is 14.7 Å². The molecule has 5 rings (SSSR count). The predicted octanol–water partition coefficient (Wildman–Crippen LogP) is 4.45. The van der Waals surface area contributed by atoms with Crippen molar-refractivity contribution < 1.29 is 14.3 Å². The summed E-state index contributed by atoms with van der Waals surface area (Å²) in [6, 6.07) is 3.40. The number of aliphatic hydroxyl groups is 1. The third-order valence-corrected chi connectivity index (χ3v) is 9.79. The van der Waals surface area contributed by atoms with Gasteiger partial charge in [-0.15, -0.1) is 0 Å². The van der Waals surface area contributed by atoms with Crippen molar-refractivity contribution in [2.24, 2.45) is 28.6 Å². The monoisotopic (exact) mass is 384 g/mol. The molecule has 1 aromatic rings. The number of Topliss-reactive ketones (excluding diaryl/α,β-unsaturated/α-hetero) is 1. The van der Waals surface area contributed by atoms with E-state index in [-0.39, 0.29) is 22.4 Å². The largest absolute Gasteiger partial charge is 0.431 e. The molecule has 0 amide bonds. The molecule has 0 aromatic carbocycles. The van der Waals surface area contributed by atoms with Gasteiger partial charge in [0.15, 0.2) is 0 Å². The summed E-state index contributed by atoms with van der Waals surface area (Å²) in [5.74, 6) is 2.02. The molecule has 0 saturated heterocycles. The van der Waals surface area contributed by atoms with Crippen LogP contribution >= 0.6 is 0 Å². The molecule has 4 heteroatoms. The molecule has 7 atom stereocenters. The molecule has 4 saturated carbocycles. The molecule has 1 N–H and O–H groups in total. The van der Waals surface area contributed by atoms with Gasteiger partial charge in [0.2, 0.25) is 0 Å². The maximum Gasteiger partial charge on any atom is 0.335 e. The van der Waals surface area contributed by atoms with Gasteiger partial charge in [-0.05, 0) is 85.7 Å². The Morgan fingerprint density at radius 1 is 1.00 bits per heavy atom. The summed E-state index contributed by atoms with van der Waals surface area (Å²) < 4.78 is 5.16. The van der Waals surface area contributed by atoms with Gasteiger partial charge in [-0.25, -0.2) is 4.79 Å². The molecule has 4 aliphatic carbocycles. The first kappa shape index (κ1) is 18.6. The number of carbonyl (C=O) groups is 1. The van der Waals surface area contributed by atoms with E-state index in [0.29, 0.717) is 23.5 Å². The lowest BCUT2D eigenvalue weighted by Gasteiger charge is -2.63. The average Bonchev–Trinajstić information content (AvgIpc) is 2.95. The third kappa shape index (κ3) is 2.33. The van der Waals surface area contributed by atoms with Crippen LogP contribution in [0, 0.1) is 28.6 Å². The Bertz CT molecular complexity index is 838. The Balaban J connectivity index is 1.49. The zero-order valence-electron chi connectivity index (χ0n) is 17.1. The normalized spacial score (nSPS) is 47.9. The minimum atomic E-state index is -0.661. The molecule has 1 unspecified atom stereocenters. The van der Waals surface area contributed by atoms with Crippen LogP contribution in [-0.2, 0) is 4.79 Å². The van der Waals surface area contributed by atoms with E-state index in [1.165, 1.54) is 6.07 Å². The lowest BCUT2D eigenvalue weighted by Crippen LogP contribution is -2.61. The van der Waals surface area contributed by atoms with Crippen molar-refractivity contribution in [3.63, 3.8) is 0 Å². The lowest BCUT2D eigenvalue weighted by molar-refractivity contribution is -0.200. The summed E-state index contributed by atoms with van der Waals surface area (Å²) in [5.41, 5.74) is 0.1000. The fraction of sp³-hybridized carbons (Fsp3) is 0.750. The first-order valence-corrected chi connectivity index (χ1v) is 11.1. The van der Waals surface area contributed by atoms with Crippen LogP contribution in [0.3, 0.4) is 0 Å². The van der Waals surface area contributed by atoms with Crippen molar-refractivity contribution in [1.82, 2.24) is 0 Å². The van der Waals surface area contributed by atoms with Crippen molar-refractivity contribution >= 4 is 5.78 Å². The van der Waals surface area contributed by atoms with Crippen LogP contribution in [0.2, 0.25) is 0 Å². The van der Waals surface area contributed by atoms with Gasteiger partial charge in [-0.3, -0.25) is 4.79 Å². The van der Waals surface area contributed by atoms with E-state index >= 15 is 0 Å². The van der Waals surface area contributed by atoms with Crippen LogP contribution in [0.5, 0.6) is 0 Å². The van der Waals surface area contributed by atoms with Gasteiger partial charge in [0, 0.05) is 24.3 Å². The van der Waals surface area contributed by atoms with Gasteiger partial charge < -0.3 is 9.52 Å². The van der Waals surface area contributed by atoms with Crippen molar-refractivity contribution in [2.45, 2.75) is 83.2 Å². The molecule has 4 nitrogen and oxygen atoms in total. The fourth-order valence-corrected chi connectivity index (χ4v) is 8.11. The molecule has 4 fully saturated rings. The van der Waals surface area contributed by atoms with Crippen LogP contribution < -0.4 is 5.63 Å². The Hall–Kier alpha value is -1.42. The molecule has 0 aliphatic heterocycles. The summed E-state index contributed by atoms with van der Waals surface area (Å²) in [7, 11) is 0. The Kier molecular flexibility index (Phi) is 4.01. The summed E-state index contributed by atoms with van der Waals surface area (Å²) in [6.45, 7) is 4.68. The zero-order valence-corrected chi connectivity index (χ0v) is 17.1. The number of fused-ring (bicyclic) bond motifs is 5. The van der Waals surface area contributed by atoms with E-state index in [4.69, 9.17) is 4.42 Å². The topological polar surface area (TPSA) is 67.5 Å². The van der Waals surface area contributed by atoms with Crippen molar-refractivity contribution in [3.8, 4) is 0 Å². The fourth-order valence-electron chi connectivity index (χ4n) is 8.11. The van der Waals surface area contributed by atoms with Gasteiger partial charge in [-0.1, -0.05) is 13.8 Å². The van der Waals surface area contributed by atoms with Crippen LogP contribution in [0.25, 0.3) is 0 Å².